The molecule has 1 unspecified atom stereocenters. The van der Waals surface area contributed by atoms with Crippen LogP contribution in [0.3, 0.4) is 0 Å². The molecule has 1 amide bonds. The van der Waals surface area contributed by atoms with Crippen LogP contribution in [0.25, 0.3) is 0 Å². The molecule has 1 aromatic rings. The number of hydrogen-bond donors (Lipinski definition) is 1. The molecule has 0 saturated carbocycles. The van der Waals surface area contributed by atoms with Crippen LogP contribution in [0.2, 0.25) is 0 Å². The molecule has 0 aliphatic carbocycles. The maximum absolute atomic E-state index is 11.8. The second kappa shape index (κ2) is 5.88. The minimum Gasteiger partial charge on any atom is -0.365 e. The maximum atomic E-state index is 11.8. The lowest BCUT2D eigenvalue weighted by atomic mass is 9.88. The molecule has 2 heterocycles. The predicted octanol–water partition coefficient (Wildman–Crippen LogP) is 1.96. The summed E-state index contributed by atoms with van der Waals surface area (Å²) in [5.41, 5.74) is 8.14. The molecule has 0 radical (unpaired) electrons. The molecule has 1 saturated heterocycles. The third kappa shape index (κ3) is 2.95. The van der Waals surface area contributed by atoms with Crippen LogP contribution in [0.4, 0.5) is 5.82 Å². The van der Waals surface area contributed by atoms with Gasteiger partial charge in [0.05, 0.1) is 5.56 Å². The molecule has 5 heteroatoms. The normalized spacial score (nSPS) is 21.1. The molecular formula is C17H28N4O. The summed E-state index contributed by atoms with van der Waals surface area (Å²) in [4.78, 5) is 20.8. The third-order valence-corrected chi connectivity index (χ3v) is 5.36. The number of aryl methyl sites for hydroxylation is 2. The van der Waals surface area contributed by atoms with Gasteiger partial charge in [-0.05, 0) is 65.3 Å². The van der Waals surface area contributed by atoms with Gasteiger partial charge in [0.2, 0.25) is 0 Å². The average molecular weight is 304 g/mol. The van der Waals surface area contributed by atoms with Gasteiger partial charge in [0.15, 0.2) is 0 Å². The number of pyridine rings is 1. The van der Waals surface area contributed by atoms with E-state index in [0.717, 1.165) is 30.8 Å². The first-order valence-corrected chi connectivity index (χ1v) is 7.85. The Kier molecular flexibility index (Phi) is 4.47. The van der Waals surface area contributed by atoms with Gasteiger partial charge in [-0.15, -0.1) is 0 Å². The summed E-state index contributed by atoms with van der Waals surface area (Å²) < 4.78 is 0. The van der Waals surface area contributed by atoms with Crippen LogP contribution in [0.15, 0.2) is 6.07 Å². The highest BCUT2D eigenvalue weighted by Crippen LogP contribution is 2.34. The van der Waals surface area contributed by atoms with Crippen molar-refractivity contribution in [3.8, 4) is 0 Å². The van der Waals surface area contributed by atoms with E-state index in [2.05, 4.69) is 35.7 Å². The Morgan fingerprint density at radius 2 is 2.14 bits per heavy atom. The zero-order valence-electron chi connectivity index (χ0n) is 14.6. The molecular weight excluding hydrogens is 276 g/mol. The van der Waals surface area contributed by atoms with E-state index in [0.29, 0.717) is 17.3 Å². The van der Waals surface area contributed by atoms with Crippen molar-refractivity contribution in [2.75, 3.05) is 32.1 Å². The quantitative estimate of drug-likeness (QED) is 0.923. The van der Waals surface area contributed by atoms with E-state index in [4.69, 9.17) is 5.73 Å². The first kappa shape index (κ1) is 16.7. The first-order valence-electron chi connectivity index (χ1n) is 7.85. The Morgan fingerprint density at radius 1 is 1.50 bits per heavy atom. The Bertz CT molecular complexity index is 582. The minimum absolute atomic E-state index is 0.154. The molecule has 5 nitrogen and oxygen atoms in total. The number of carbonyl (C=O) groups excluding carboxylic acids is 1. The van der Waals surface area contributed by atoms with Crippen molar-refractivity contribution in [1.29, 1.82) is 0 Å². The molecule has 122 valence electrons. The van der Waals surface area contributed by atoms with E-state index in [-0.39, 0.29) is 5.54 Å². The van der Waals surface area contributed by atoms with Gasteiger partial charge >= 0.3 is 0 Å². The second-order valence-corrected chi connectivity index (χ2v) is 7.07. The Morgan fingerprint density at radius 3 is 2.64 bits per heavy atom. The molecule has 1 aliphatic rings. The van der Waals surface area contributed by atoms with Crippen LogP contribution >= 0.6 is 0 Å². The maximum Gasteiger partial charge on any atom is 0.252 e. The van der Waals surface area contributed by atoms with E-state index in [1.807, 2.05) is 27.0 Å². The summed E-state index contributed by atoms with van der Waals surface area (Å²) in [5, 5.41) is 0. The summed E-state index contributed by atoms with van der Waals surface area (Å²) in [6, 6.07) is 1.85. The zero-order chi connectivity index (χ0) is 16.7. The summed E-state index contributed by atoms with van der Waals surface area (Å²) in [5.74, 6) is 0.813. The van der Waals surface area contributed by atoms with Gasteiger partial charge in [0.1, 0.15) is 5.82 Å². The third-order valence-electron chi connectivity index (χ3n) is 5.36. The number of amides is 1. The summed E-state index contributed by atoms with van der Waals surface area (Å²) >= 11 is 0. The lowest BCUT2D eigenvalue weighted by Crippen LogP contribution is -2.44. The number of aromatic nitrogens is 1. The van der Waals surface area contributed by atoms with Crippen molar-refractivity contribution >= 4 is 11.7 Å². The summed E-state index contributed by atoms with van der Waals surface area (Å²) in [7, 11) is 4.17. The molecule has 2 rings (SSSR count). The van der Waals surface area contributed by atoms with E-state index in [9.17, 15) is 4.79 Å². The molecule has 22 heavy (non-hydrogen) atoms. The van der Waals surface area contributed by atoms with Crippen molar-refractivity contribution in [1.82, 2.24) is 9.88 Å². The Hall–Kier alpha value is -1.62. The molecule has 2 N–H and O–H groups in total. The van der Waals surface area contributed by atoms with Crippen molar-refractivity contribution < 1.29 is 4.79 Å². The van der Waals surface area contributed by atoms with E-state index < -0.39 is 5.91 Å². The number of hydrogen-bond acceptors (Lipinski definition) is 4. The largest absolute Gasteiger partial charge is 0.365 e. The zero-order valence-corrected chi connectivity index (χ0v) is 14.6. The topological polar surface area (TPSA) is 62.5 Å². The van der Waals surface area contributed by atoms with Gasteiger partial charge in [-0.1, -0.05) is 0 Å². The van der Waals surface area contributed by atoms with Crippen molar-refractivity contribution in [3.63, 3.8) is 0 Å². The van der Waals surface area contributed by atoms with E-state index in [1.54, 1.807) is 0 Å². The molecule has 1 aliphatic heterocycles. The monoisotopic (exact) mass is 304 g/mol. The van der Waals surface area contributed by atoms with Gasteiger partial charge in [0, 0.05) is 24.8 Å². The lowest BCUT2D eigenvalue weighted by Gasteiger charge is -2.36. The average Bonchev–Trinajstić information content (AvgIpc) is 2.67. The molecule has 0 aromatic carbocycles. The fourth-order valence-corrected chi connectivity index (χ4v) is 3.20. The number of likely N-dealkylation sites (tertiary alicyclic amines) is 1. The van der Waals surface area contributed by atoms with Gasteiger partial charge in [-0.3, -0.25) is 4.79 Å². The van der Waals surface area contributed by atoms with Crippen molar-refractivity contribution in [2.24, 2.45) is 11.7 Å². The fourth-order valence-electron chi connectivity index (χ4n) is 3.20. The van der Waals surface area contributed by atoms with E-state index in [1.165, 1.54) is 0 Å². The van der Waals surface area contributed by atoms with Crippen LogP contribution in [0.1, 0.15) is 41.9 Å². The highest BCUT2D eigenvalue weighted by Gasteiger charge is 2.39. The van der Waals surface area contributed by atoms with Gasteiger partial charge < -0.3 is 15.5 Å². The lowest BCUT2D eigenvalue weighted by molar-refractivity contribution is 0.100. The predicted molar refractivity (Wildman–Crippen MR) is 90.3 cm³/mol. The van der Waals surface area contributed by atoms with Crippen LogP contribution in [-0.4, -0.2) is 48.5 Å². The fraction of sp³-hybridized carbons (Fsp3) is 0.647. The van der Waals surface area contributed by atoms with Gasteiger partial charge in [-0.25, -0.2) is 4.98 Å². The number of carbonyl (C=O) groups is 1. The van der Waals surface area contributed by atoms with E-state index >= 15 is 0 Å². The number of anilines is 1. The Balaban J connectivity index is 2.28. The van der Waals surface area contributed by atoms with Crippen LogP contribution in [0, 0.1) is 19.8 Å². The van der Waals surface area contributed by atoms with Gasteiger partial charge in [0.25, 0.3) is 5.91 Å². The van der Waals surface area contributed by atoms with Crippen LogP contribution in [-0.2, 0) is 0 Å². The number of nitrogens with two attached hydrogens (primary N) is 1. The SMILES string of the molecule is Cc1cc(C(N)=O)c(N(C)CC2CCN(C)C2(C)C)nc1C. The first-order chi connectivity index (χ1) is 10.1. The number of rotatable bonds is 4. The van der Waals surface area contributed by atoms with Crippen LogP contribution < -0.4 is 10.6 Å². The minimum atomic E-state index is -0.416. The van der Waals surface area contributed by atoms with Crippen molar-refractivity contribution in [2.45, 2.75) is 39.7 Å². The van der Waals surface area contributed by atoms with Gasteiger partial charge in [-0.2, -0.15) is 0 Å². The molecule has 1 atom stereocenters. The highest BCUT2D eigenvalue weighted by atomic mass is 16.1. The molecule has 0 spiro atoms. The second-order valence-electron chi connectivity index (χ2n) is 7.07. The standard InChI is InChI=1S/C17H28N4O/c1-11-9-14(15(18)22)16(19-12(11)2)20(5)10-13-7-8-21(6)17(13,3)4/h9,13H,7-8,10H2,1-6H3,(H2,18,22). The molecule has 1 aromatic heterocycles. The highest BCUT2D eigenvalue weighted by molar-refractivity contribution is 5.98. The number of nitrogens with zero attached hydrogens (tertiary/aromatic N) is 3. The summed E-state index contributed by atoms with van der Waals surface area (Å²) in [6.45, 7) is 10.4. The van der Waals surface area contributed by atoms with Crippen molar-refractivity contribution in [3.05, 3.63) is 22.9 Å². The molecule has 1 fully saturated rings. The Labute approximate surface area is 133 Å². The smallest absolute Gasteiger partial charge is 0.252 e. The summed E-state index contributed by atoms with van der Waals surface area (Å²) in [6.07, 6.45) is 1.16. The van der Waals surface area contributed by atoms with Crippen LogP contribution in [0.5, 0.6) is 0 Å². The number of primary amides is 1. The molecule has 0 bridgehead atoms.